The van der Waals surface area contributed by atoms with Gasteiger partial charge in [0.05, 0.1) is 5.56 Å². The molecule has 30 heavy (non-hydrogen) atoms. The Hall–Kier alpha value is -3.18. The van der Waals surface area contributed by atoms with Gasteiger partial charge in [0, 0.05) is 51.2 Å². The quantitative estimate of drug-likeness (QED) is 0.673. The third-order valence-electron chi connectivity index (χ3n) is 6.18. The summed E-state index contributed by atoms with van der Waals surface area (Å²) in [6, 6.07) is 22.9. The number of para-hydroxylation sites is 1. The Morgan fingerprint density at radius 1 is 1.07 bits per heavy atom. The summed E-state index contributed by atoms with van der Waals surface area (Å²) < 4.78 is 0. The maximum atomic E-state index is 13.0. The second kappa shape index (κ2) is 7.92. The number of piperazine rings is 1. The van der Waals surface area contributed by atoms with Crippen LogP contribution in [0.3, 0.4) is 0 Å². The van der Waals surface area contributed by atoms with Gasteiger partial charge in [0.1, 0.15) is 5.82 Å². The highest BCUT2D eigenvalue weighted by Crippen LogP contribution is 2.33. The van der Waals surface area contributed by atoms with Crippen molar-refractivity contribution in [2.24, 2.45) is 0 Å². The normalized spacial score (nSPS) is 18.0. The molecule has 0 radical (unpaired) electrons. The van der Waals surface area contributed by atoms with Gasteiger partial charge in [0.25, 0.3) is 5.91 Å². The first-order valence-electron chi connectivity index (χ1n) is 10.5. The van der Waals surface area contributed by atoms with E-state index in [1.807, 2.05) is 43.4 Å². The second-order valence-corrected chi connectivity index (χ2v) is 8.18. The molecule has 2 aromatic carbocycles. The molecule has 1 fully saturated rings. The van der Waals surface area contributed by atoms with E-state index in [1.54, 1.807) is 11.1 Å². The first kappa shape index (κ1) is 18.8. The molecule has 1 aromatic heterocycles. The molecule has 0 spiro atoms. The fourth-order valence-corrected chi connectivity index (χ4v) is 4.60. The predicted molar refractivity (Wildman–Crippen MR) is 120 cm³/mol. The summed E-state index contributed by atoms with van der Waals surface area (Å²) in [5.41, 5.74) is 4.09. The van der Waals surface area contributed by atoms with Crippen molar-refractivity contribution in [1.82, 2.24) is 9.88 Å². The van der Waals surface area contributed by atoms with Crippen LogP contribution < -0.4 is 9.80 Å². The van der Waals surface area contributed by atoms with Crippen LogP contribution in [0.2, 0.25) is 0 Å². The highest BCUT2D eigenvalue weighted by atomic mass is 16.2. The van der Waals surface area contributed by atoms with E-state index in [-0.39, 0.29) is 5.91 Å². The van der Waals surface area contributed by atoms with E-state index in [4.69, 9.17) is 4.98 Å². The molecule has 0 N–H and O–H groups in total. The maximum absolute atomic E-state index is 13.0. The molecule has 2 aliphatic heterocycles. The number of rotatable bonds is 4. The van der Waals surface area contributed by atoms with E-state index < -0.39 is 0 Å². The molecular weight excluding hydrogens is 372 g/mol. The Kier molecular flexibility index (Phi) is 4.97. The first-order valence-corrected chi connectivity index (χ1v) is 10.5. The van der Waals surface area contributed by atoms with Crippen molar-refractivity contribution in [3.63, 3.8) is 0 Å². The SMILES string of the molecule is CN(C(=O)c1cnc2c(c1)CC1CN(Cc3ccccc3)CCN21)c1ccccc1. The Balaban J connectivity index is 1.30. The average Bonchev–Trinajstić information content (AvgIpc) is 3.16. The molecule has 1 saturated heterocycles. The van der Waals surface area contributed by atoms with E-state index in [0.29, 0.717) is 11.6 Å². The predicted octanol–water partition coefficient (Wildman–Crippen LogP) is 3.61. The first-order chi connectivity index (χ1) is 14.7. The summed E-state index contributed by atoms with van der Waals surface area (Å²) in [6.07, 6.45) is 2.68. The highest BCUT2D eigenvalue weighted by Gasteiger charge is 2.35. The highest BCUT2D eigenvalue weighted by molar-refractivity contribution is 6.05. The molecule has 1 amide bonds. The lowest BCUT2D eigenvalue weighted by Gasteiger charge is -2.38. The number of pyridine rings is 1. The van der Waals surface area contributed by atoms with Crippen molar-refractivity contribution >= 4 is 17.4 Å². The van der Waals surface area contributed by atoms with Crippen LogP contribution in [-0.2, 0) is 13.0 Å². The monoisotopic (exact) mass is 398 g/mol. The Morgan fingerprint density at radius 3 is 2.57 bits per heavy atom. The van der Waals surface area contributed by atoms with Crippen LogP contribution in [0.25, 0.3) is 0 Å². The van der Waals surface area contributed by atoms with E-state index in [1.165, 1.54) is 11.1 Å². The number of anilines is 2. The molecule has 3 heterocycles. The molecule has 5 rings (SSSR count). The number of carbonyl (C=O) groups excluding carboxylic acids is 1. The minimum Gasteiger partial charge on any atom is -0.350 e. The number of carbonyl (C=O) groups is 1. The fraction of sp³-hybridized carbons (Fsp3) is 0.280. The Labute approximate surface area is 177 Å². The van der Waals surface area contributed by atoms with Gasteiger partial charge in [-0.05, 0) is 35.7 Å². The second-order valence-electron chi connectivity index (χ2n) is 8.18. The Bertz CT molecular complexity index is 1040. The largest absolute Gasteiger partial charge is 0.350 e. The van der Waals surface area contributed by atoms with Crippen LogP contribution in [0, 0.1) is 0 Å². The summed E-state index contributed by atoms with van der Waals surface area (Å²) in [5.74, 6) is 1.03. The smallest absolute Gasteiger partial charge is 0.259 e. The molecule has 0 saturated carbocycles. The van der Waals surface area contributed by atoms with Crippen LogP contribution in [0.4, 0.5) is 11.5 Å². The van der Waals surface area contributed by atoms with Crippen molar-refractivity contribution in [1.29, 1.82) is 0 Å². The minimum absolute atomic E-state index is 0.0212. The molecule has 152 valence electrons. The van der Waals surface area contributed by atoms with Gasteiger partial charge in [-0.3, -0.25) is 9.69 Å². The zero-order valence-corrected chi connectivity index (χ0v) is 17.2. The van der Waals surface area contributed by atoms with Crippen LogP contribution in [-0.4, -0.2) is 48.5 Å². The van der Waals surface area contributed by atoms with Gasteiger partial charge < -0.3 is 9.80 Å². The van der Waals surface area contributed by atoms with Crippen LogP contribution in [0.15, 0.2) is 72.9 Å². The zero-order chi connectivity index (χ0) is 20.5. The van der Waals surface area contributed by atoms with E-state index in [2.05, 4.69) is 40.1 Å². The van der Waals surface area contributed by atoms with Crippen molar-refractivity contribution < 1.29 is 4.79 Å². The van der Waals surface area contributed by atoms with Gasteiger partial charge in [0.15, 0.2) is 0 Å². The summed E-state index contributed by atoms with van der Waals surface area (Å²) >= 11 is 0. The Morgan fingerprint density at radius 2 is 1.80 bits per heavy atom. The van der Waals surface area contributed by atoms with Crippen molar-refractivity contribution in [3.8, 4) is 0 Å². The van der Waals surface area contributed by atoms with Gasteiger partial charge in [-0.2, -0.15) is 0 Å². The molecule has 1 unspecified atom stereocenters. The van der Waals surface area contributed by atoms with Gasteiger partial charge in [0.2, 0.25) is 0 Å². The maximum Gasteiger partial charge on any atom is 0.259 e. The number of nitrogens with zero attached hydrogens (tertiary/aromatic N) is 4. The van der Waals surface area contributed by atoms with E-state index in [9.17, 15) is 4.79 Å². The fourth-order valence-electron chi connectivity index (χ4n) is 4.60. The molecule has 0 bridgehead atoms. The third kappa shape index (κ3) is 3.57. The van der Waals surface area contributed by atoms with E-state index >= 15 is 0 Å². The van der Waals surface area contributed by atoms with Crippen molar-refractivity contribution in [3.05, 3.63) is 89.6 Å². The van der Waals surface area contributed by atoms with Crippen LogP contribution in [0.5, 0.6) is 0 Å². The topological polar surface area (TPSA) is 39.7 Å². The number of benzene rings is 2. The molecule has 5 nitrogen and oxygen atoms in total. The molecule has 2 aliphatic rings. The summed E-state index contributed by atoms with van der Waals surface area (Å²) in [7, 11) is 1.82. The van der Waals surface area contributed by atoms with Crippen molar-refractivity contribution in [2.45, 2.75) is 19.0 Å². The van der Waals surface area contributed by atoms with Crippen molar-refractivity contribution in [2.75, 3.05) is 36.5 Å². The molecule has 0 aliphatic carbocycles. The lowest BCUT2D eigenvalue weighted by molar-refractivity contribution is 0.0992. The van der Waals surface area contributed by atoms with Crippen LogP contribution in [0.1, 0.15) is 21.5 Å². The average molecular weight is 399 g/mol. The van der Waals surface area contributed by atoms with Gasteiger partial charge in [-0.25, -0.2) is 4.98 Å². The summed E-state index contributed by atoms with van der Waals surface area (Å²) in [5, 5.41) is 0. The van der Waals surface area contributed by atoms with E-state index in [0.717, 1.165) is 44.1 Å². The van der Waals surface area contributed by atoms with Gasteiger partial charge in [-0.1, -0.05) is 48.5 Å². The summed E-state index contributed by atoms with van der Waals surface area (Å²) in [6.45, 7) is 4.03. The number of hydrogen-bond acceptors (Lipinski definition) is 4. The summed E-state index contributed by atoms with van der Waals surface area (Å²) in [4.78, 5) is 24.3. The number of aromatic nitrogens is 1. The minimum atomic E-state index is -0.0212. The standard InChI is InChI=1S/C25H26N4O/c1-27(22-10-6-3-7-11-22)25(30)21-14-20-15-23-18-28(17-19-8-4-2-5-9-19)12-13-29(23)24(20)26-16-21/h2-11,14,16,23H,12-13,15,17-18H2,1H3. The lowest BCUT2D eigenvalue weighted by atomic mass is 10.1. The number of fused-ring (bicyclic) bond motifs is 3. The molecule has 5 heteroatoms. The molecule has 1 atom stereocenters. The van der Waals surface area contributed by atoms with Crippen LogP contribution >= 0.6 is 0 Å². The zero-order valence-electron chi connectivity index (χ0n) is 17.2. The number of amides is 1. The lowest BCUT2D eigenvalue weighted by Crippen LogP contribution is -2.51. The molecule has 3 aromatic rings. The molecular formula is C25H26N4O. The van der Waals surface area contributed by atoms with Gasteiger partial charge >= 0.3 is 0 Å². The van der Waals surface area contributed by atoms with Gasteiger partial charge in [-0.15, -0.1) is 0 Å². The third-order valence-corrected chi connectivity index (χ3v) is 6.18. The number of hydrogen-bond donors (Lipinski definition) is 0.